The van der Waals surface area contributed by atoms with Gasteiger partial charge in [-0.2, -0.15) is 5.26 Å². The summed E-state index contributed by atoms with van der Waals surface area (Å²) >= 11 is 0. The third-order valence-electron chi connectivity index (χ3n) is 3.80. The number of esters is 1. The molecule has 0 bridgehead atoms. The molecule has 1 aromatic carbocycles. The number of methoxy groups -OCH3 is 1. The topological polar surface area (TPSA) is 82.4 Å². The van der Waals surface area contributed by atoms with Gasteiger partial charge >= 0.3 is 12.0 Å². The molecule has 23 heavy (non-hydrogen) atoms. The van der Waals surface area contributed by atoms with Crippen LogP contribution in [0.25, 0.3) is 0 Å². The highest BCUT2D eigenvalue weighted by atomic mass is 16.5. The Hall–Kier alpha value is -2.81. The fraction of sp³-hybridized carbons (Fsp3) is 0.353. The average Bonchev–Trinajstić information content (AvgIpc) is 2.57. The van der Waals surface area contributed by atoms with E-state index in [2.05, 4.69) is 11.4 Å². The number of hydrogen-bond donors (Lipinski definition) is 1. The van der Waals surface area contributed by atoms with E-state index in [1.165, 1.54) is 12.0 Å². The minimum Gasteiger partial charge on any atom is -0.466 e. The molecule has 1 aromatic rings. The number of nitrogens with one attached hydrogen (secondary N) is 1. The monoisotopic (exact) mass is 313 g/mol. The van der Waals surface area contributed by atoms with Gasteiger partial charge in [-0.3, -0.25) is 4.90 Å². The molecule has 0 saturated carbocycles. The maximum Gasteiger partial charge on any atom is 0.337 e. The lowest BCUT2D eigenvalue weighted by Crippen LogP contribution is -2.48. The maximum absolute atomic E-state index is 12.4. The van der Waals surface area contributed by atoms with E-state index in [1.807, 2.05) is 6.92 Å². The molecule has 0 spiro atoms. The first-order chi connectivity index (χ1) is 11.0. The Kier molecular flexibility index (Phi) is 5.02. The summed E-state index contributed by atoms with van der Waals surface area (Å²) < 4.78 is 4.89. The minimum absolute atomic E-state index is 0.260. The second-order valence-corrected chi connectivity index (χ2v) is 5.26. The number of carbonyl (C=O) groups is 2. The molecule has 6 heteroatoms. The molecular formula is C17H19N3O3. The predicted molar refractivity (Wildman–Crippen MR) is 84.1 cm³/mol. The third kappa shape index (κ3) is 3.19. The quantitative estimate of drug-likeness (QED) is 0.866. The van der Waals surface area contributed by atoms with Crippen LogP contribution in [0.3, 0.4) is 0 Å². The molecular weight excluding hydrogens is 294 g/mol. The van der Waals surface area contributed by atoms with Crippen molar-refractivity contribution >= 4 is 12.0 Å². The Morgan fingerprint density at radius 2 is 2.22 bits per heavy atom. The zero-order chi connectivity index (χ0) is 17.0. The second-order valence-electron chi connectivity index (χ2n) is 5.26. The van der Waals surface area contributed by atoms with E-state index in [0.29, 0.717) is 28.9 Å². The van der Waals surface area contributed by atoms with E-state index in [4.69, 9.17) is 10.00 Å². The van der Waals surface area contributed by atoms with Crippen LogP contribution in [0.4, 0.5) is 4.79 Å². The van der Waals surface area contributed by atoms with Gasteiger partial charge in [0.2, 0.25) is 0 Å². The molecule has 0 aliphatic carbocycles. The van der Waals surface area contributed by atoms with E-state index < -0.39 is 12.0 Å². The molecule has 0 saturated heterocycles. The average molecular weight is 313 g/mol. The van der Waals surface area contributed by atoms with Crippen LogP contribution in [-0.4, -0.2) is 30.6 Å². The molecule has 6 nitrogen and oxygen atoms in total. The van der Waals surface area contributed by atoms with E-state index in [0.717, 1.165) is 6.42 Å². The molecule has 120 valence electrons. The van der Waals surface area contributed by atoms with Crippen molar-refractivity contribution in [1.29, 1.82) is 5.26 Å². The van der Waals surface area contributed by atoms with Crippen molar-refractivity contribution in [2.75, 3.05) is 13.7 Å². The molecule has 1 atom stereocenters. The fourth-order valence-corrected chi connectivity index (χ4v) is 2.69. The molecule has 0 unspecified atom stereocenters. The molecule has 0 radical (unpaired) electrons. The lowest BCUT2D eigenvalue weighted by atomic mass is 9.94. The first-order valence-corrected chi connectivity index (χ1v) is 7.40. The van der Waals surface area contributed by atoms with Gasteiger partial charge in [0.1, 0.15) is 0 Å². The van der Waals surface area contributed by atoms with Crippen LogP contribution in [-0.2, 0) is 9.53 Å². The highest BCUT2D eigenvalue weighted by Gasteiger charge is 2.35. The van der Waals surface area contributed by atoms with Crippen LogP contribution < -0.4 is 5.32 Å². The maximum atomic E-state index is 12.4. The van der Waals surface area contributed by atoms with Crippen molar-refractivity contribution in [3.63, 3.8) is 0 Å². The molecule has 2 amide bonds. The van der Waals surface area contributed by atoms with Crippen LogP contribution in [0.5, 0.6) is 0 Å². The number of amides is 2. The smallest absolute Gasteiger partial charge is 0.337 e. The summed E-state index contributed by atoms with van der Waals surface area (Å²) in [5.41, 5.74) is 2.10. The lowest BCUT2D eigenvalue weighted by Gasteiger charge is -2.35. The molecule has 2 rings (SSSR count). The molecule has 1 heterocycles. The van der Waals surface area contributed by atoms with Crippen molar-refractivity contribution in [3.05, 3.63) is 46.7 Å². The Bertz CT molecular complexity index is 703. The summed E-state index contributed by atoms with van der Waals surface area (Å²) in [6.07, 6.45) is 0.772. The molecule has 1 aliphatic rings. The fourth-order valence-electron chi connectivity index (χ4n) is 2.69. The van der Waals surface area contributed by atoms with E-state index >= 15 is 0 Å². The van der Waals surface area contributed by atoms with Gasteiger partial charge in [-0.25, -0.2) is 9.59 Å². The van der Waals surface area contributed by atoms with Crippen molar-refractivity contribution in [3.8, 4) is 6.07 Å². The van der Waals surface area contributed by atoms with Crippen LogP contribution in [0, 0.1) is 11.3 Å². The van der Waals surface area contributed by atoms with Crippen LogP contribution in [0.15, 0.2) is 35.5 Å². The van der Waals surface area contributed by atoms with Gasteiger partial charge in [-0.1, -0.05) is 19.1 Å². The van der Waals surface area contributed by atoms with E-state index in [-0.39, 0.29) is 6.03 Å². The first kappa shape index (κ1) is 16.6. The summed E-state index contributed by atoms with van der Waals surface area (Å²) in [4.78, 5) is 26.1. The summed E-state index contributed by atoms with van der Waals surface area (Å²) in [7, 11) is 1.31. The minimum atomic E-state index is -0.628. The Balaban J connectivity index is 2.55. The zero-order valence-corrected chi connectivity index (χ0v) is 13.4. The summed E-state index contributed by atoms with van der Waals surface area (Å²) in [5, 5.41) is 11.9. The normalized spacial score (nSPS) is 17.6. The third-order valence-corrected chi connectivity index (χ3v) is 3.80. The first-order valence-electron chi connectivity index (χ1n) is 7.40. The summed E-state index contributed by atoms with van der Waals surface area (Å²) in [6, 6.07) is 8.01. The summed E-state index contributed by atoms with van der Waals surface area (Å²) in [6.45, 7) is 4.21. The Morgan fingerprint density at radius 3 is 2.83 bits per heavy atom. The van der Waals surface area contributed by atoms with Gasteiger partial charge in [0.15, 0.2) is 0 Å². The van der Waals surface area contributed by atoms with E-state index in [1.54, 1.807) is 31.2 Å². The van der Waals surface area contributed by atoms with Gasteiger partial charge < -0.3 is 10.1 Å². The number of benzene rings is 1. The number of nitrogens with zero attached hydrogens (tertiary/aromatic N) is 2. The Morgan fingerprint density at radius 1 is 1.48 bits per heavy atom. The van der Waals surface area contributed by atoms with Crippen LogP contribution >= 0.6 is 0 Å². The zero-order valence-electron chi connectivity index (χ0n) is 13.4. The number of nitriles is 1. The van der Waals surface area contributed by atoms with Gasteiger partial charge in [0, 0.05) is 12.2 Å². The molecule has 0 aromatic heterocycles. The molecule has 1 N–H and O–H groups in total. The van der Waals surface area contributed by atoms with Crippen LogP contribution in [0.1, 0.15) is 37.4 Å². The molecule has 0 fully saturated rings. The van der Waals surface area contributed by atoms with E-state index in [9.17, 15) is 9.59 Å². The van der Waals surface area contributed by atoms with Crippen molar-refractivity contribution in [2.24, 2.45) is 0 Å². The molecule has 1 aliphatic heterocycles. The predicted octanol–water partition coefficient (Wildman–Crippen LogP) is 2.48. The lowest BCUT2D eigenvalue weighted by molar-refractivity contribution is -0.136. The van der Waals surface area contributed by atoms with Crippen molar-refractivity contribution in [1.82, 2.24) is 10.2 Å². The number of carbonyl (C=O) groups excluding carboxylic acids is 2. The highest BCUT2D eigenvalue weighted by molar-refractivity contribution is 5.95. The number of urea groups is 1. The number of hydrogen-bond acceptors (Lipinski definition) is 4. The second kappa shape index (κ2) is 6.97. The number of allylic oxidation sites excluding steroid dienone is 1. The van der Waals surface area contributed by atoms with Crippen molar-refractivity contribution < 1.29 is 14.3 Å². The largest absolute Gasteiger partial charge is 0.466 e. The van der Waals surface area contributed by atoms with Gasteiger partial charge in [-0.05, 0) is 31.0 Å². The van der Waals surface area contributed by atoms with Crippen molar-refractivity contribution in [2.45, 2.75) is 26.3 Å². The van der Waals surface area contributed by atoms with Gasteiger partial charge in [-0.15, -0.1) is 0 Å². The van der Waals surface area contributed by atoms with Crippen LogP contribution in [0.2, 0.25) is 0 Å². The Labute approximate surface area is 135 Å². The summed E-state index contributed by atoms with van der Waals surface area (Å²) in [5.74, 6) is -0.490. The highest BCUT2D eigenvalue weighted by Crippen LogP contribution is 2.31. The standard InChI is InChI=1S/C17H19N3O3/c1-4-8-20-11(2)14(16(21)23-3)15(19-17(20)22)13-7-5-6-12(9-13)10-18/h5-7,9,15H,4,8H2,1-3H3,(H,19,22)/t15-/m0/s1. The van der Waals surface area contributed by atoms with Gasteiger partial charge in [0.25, 0.3) is 0 Å². The number of rotatable bonds is 4. The number of ether oxygens (including phenoxy) is 1. The SMILES string of the molecule is CCCN1C(=O)N[C@@H](c2cccc(C#N)c2)C(C(=O)OC)=C1C. The van der Waals surface area contributed by atoms with Gasteiger partial charge in [0.05, 0.1) is 30.4 Å².